The van der Waals surface area contributed by atoms with E-state index in [4.69, 9.17) is 14.2 Å². The van der Waals surface area contributed by atoms with Gasteiger partial charge in [-0.05, 0) is 53.5 Å². The van der Waals surface area contributed by atoms with Crippen molar-refractivity contribution in [2.75, 3.05) is 20.3 Å². The van der Waals surface area contributed by atoms with Gasteiger partial charge in [-0.2, -0.15) is 5.26 Å². The van der Waals surface area contributed by atoms with Crippen molar-refractivity contribution < 1.29 is 14.2 Å². The lowest BCUT2D eigenvalue weighted by Crippen LogP contribution is -1.97. The highest BCUT2D eigenvalue weighted by atomic mass is 16.5. The highest BCUT2D eigenvalue weighted by Gasteiger charge is 2.15. The maximum absolute atomic E-state index is 9.22. The molecule has 0 saturated carbocycles. The maximum Gasteiger partial charge on any atom is 0.161 e. The average molecular weight is 321 g/mol. The second-order valence-corrected chi connectivity index (χ2v) is 5.41. The van der Waals surface area contributed by atoms with Gasteiger partial charge in [-0.3, -0.25) is 0 Å². The Balaban J connectivity index is 2.05. The van der Waals surface area contributed by atoms with Crippen LogP contribution in [-0.4, -0.2) is 20.3 Å². The van der Waals surface area contributed by atoms with Gasteiger partial charge in [0.1, 0.15) is 5.75 Å². The van der Waals surface area contributed by atoms with Gasteiger partial charge >= 0.3 is 0 Å². The molecule has 3 rings (SSSR count). The van der Waals surface area contributed by atoms with E-state index >= 15 is 0 Å². The molecule has 0 aliphatic carbocycles. The fourth-order valence-corrected chi connectivity index (χ4v) is 2.86. The Bertz CT molecular complexity index is 818. The normalized spacial score (nSPS) is 13.0. The SMILES string of the molecule is CCOc1cc(C(=CC#N)c2ccc3c(c2)CCO3)ccc1OC. The first-order chi connectivity index (χ1) is 11.8. The molecule has 1 aliphatic rings. The minimum Gasteiger partial charge on any atom is -0.493 e. The fourth-order valence-electron chi connectivity index (χ4n) is 2.86. The van der Waals surface area contributed by atoms with Crippen molar-refractivity contribution in [3.05, 3.63) is 59.2 Å². The number of hydrogen-bond acceptors (Lipinski definition) is 4. The van der Waals surface area contributed by atoms with Gasteiger partial charge in [0.25, 0.3) is 0 Å². The van der Waals surface area contributed by atoms with Crippen LogP contribution in [0.3, 0.4) is 0 Å². The minimum absolute atomic E-state index is 0.549. The smallest absolute Gasteiger partial charge is 0.161 e. The van der Waals surface area contributed by atoms with Gasteiger partial charge < -0.3 is 14.2 Å². The quantitative estimate of drug-likeness (QED) is 0.782. The average Bonchev–Trinajstić information content (AvgIpc) is 3.07. The van der Waals surface area contributed by atoms with Crippen LogP contribution in [-0.2, 0) is 6.42 Å². The first-order valence-corrected chi connectivity index (χ1v) is 7.94. The second-order valence-electron chi connectivity index (χ2n) is 5.41. The minimum atomic E-state index is 0.549. The fraction of sp³-hybridized carbons (Fsp3) is 0.250. The van der Waals surface area contributed by atoms with Crippen LogP contribution in [0, 0.1) is 11.3 Å². The van der Waals surface area contributed by atoms with Crippen LogP contribution in [0.25, 0.3) is 5.57 Å². The van der Waals surface area contributed by atoms with Crippen LogP contribution in [0.1, 0.15) is 23.6 Å². The molecule has 0 atom stereocenters. The molecule has 0 fully saturated rings. The number of hydrogen-bond donors (Lipinski definition) is 0. The molecule has 1 aliphatic heterocycles. The van der Waals surface area contributed by atoms with E-state index in [1.54, 1.807) is 13.2 Å². The molecular weight excluding hydrogens is 302 g/mol. The van der Waals surface area contributed by atoms with Crippen LogP contribution >= 0.6 is 0 Å². The molecule has 0 amide bonds. The summed E-state index contributed by atoms with van der Waals surface area (Å²) in [6.07, 6.45) is 2.46. The summed E-state index contributed by atoms with van der Waals surface area (Å²) in [5.74, 6) is 2.28. The summed E-state index contributed by atoms with van der Waals surface area (Å²) in [6.45, 7) is 3.19. The number of rotatable bonds is 5. The molecule has 0 spiro atoms. The molecule has 0 N–H and O–H groups in total. The van der Waals surface area contributed by atoms with E-state index in [0.717, 1.165) is 28.9 Å². The Morgan fingerprint density at radius 2 is 2.00 bits per heavy atom. The maximum atomic E-state index is 9.22. The summed E-state index contributed by atoms with van der Waals surface area (Å²) in [4.78, 5) is 0. The highest BCUT2D eigenvalue weighted by molar-refractivity contribution is 5.82. The molecule has 0 unspecified atom stereocenters. The Morgan fingerprint density at radius 3 is 2.75 bits per heavy atom. The monoisotopic (exact) mass is 321 g/mol. The van der Waals surface area contributed by atoms with Gasteiger partial charge in [0.05, 0.1) is 26.4 Å². The number of methoxy groups -OCH3 is 1. The largest absolute Gasteiger partial charge is 0.493 e. The van der Waals surface area contributed by atoms with Gasteiger partial charge in [0, 0.05) is 12.5 Å². The van der Waals surface area contributed by atoms with Crippen molar-refractivity contribution in [2.45, 2.75) is 13.3 Å². The number of allylic oxidation sites excluding steroid dienone is 1. The molecule has 4 nitrogen and oxygen atoms in total. The molecule has 2 aromatic carbocycles. The van der Waals surface area contributed by atoms with Gasteiger partial charge in [-0.1, -0.05) is 12.1 Å². The molecule has 0 bridgehead atoms. The summed E-state index contributed by atoms with van der Waals surface area (Å²) in [5.41, 5.74) is 3.94. The first kappa shape index (κ1) is 15.9. The van der Waals surface area contributed by atoms with E-state index in [0.29, 0.717) is 24.7 Å². The van der Waals surface area contributed by atoms with Gasteiger partial charge in [0.2, 0.25) is 0 Å². The van der Waals surface area contributed by atoms with E-state index < -0.39 is 0 Å². The third-order valence-corrected chi connectivity index (χ3v) is 3.98. The van der Waals surface area contributed by atoms with Crippen LogP contribution in [0.4, 0.5) is 0 Å². The summed E-state index contributed by atoms with van der Waals surface area (Å²) in [6, 6.07) is 13.9. The Morgan fingerprint density at radius 1 is 1.21 bits per heavy atom. The summed E-state index contributed by atoms with van der Waals surface area (Å²) in [5, 5.41) is 9.22. The highest BCUT2D eigenvalue weighted by Crippen LogP contribution is 2.35. The van der Waals surface area contributed by atoms with Crippen LogP contribution in [0.15, 0.2) is 42.5 Å². The van der Waals surface area contributed by atoms with E-state index in [1.807, 2.05) is 37.3 Å². The van der Waals surface area contributed by atoms with E-state index in [-0.39, 0.29) is 0 Å². The van der Waals surface area contributed by atoms with Crippen LogP contribution < -0.4 is 14.2 Å². The molecule has 1 heterocycles. The van der Waals surface area contributed by atoms with Crippen molar-refractivity contribution >= 4 is 5.57 Å². The predicted molar refractivity (Wildman–Crippen MR) is 92.5 cm³/mol. The van der Waals surface area contributed by atoms with E-state index in [1.165, 1.54) is 5.56 Å². The molecule has 2 aromatic rings. The number of ether oxygens (including phenoxy) is 3. The van der Waals surface area contributed by atoms with Crippen LogP contribution in [0.2, 0.25) is 0 Å². The molecular formula is C20H19NO3. The van der Waals surface area contributed by atoms with Gasteiger partial charge in [-0.15, -0.1) is 0 Å². The molecule has 122 valence electrons. The summed E-state index contributed by atoms with van der Waals surface area (Å²) in [7, 11) is 1.62. The Kier molecular flexibility index (Phi) is 4.72. The zero-order valence-electron chi connectivity index (χ0n) is 13.8. The molecule has 4 heteroatoms. The van der Waals surface area contributed by atoms with Crippen molar-refractivity contribution in [1.29, 1.82) is 5.26 Å². The third-order valence-electron chi connectivity index (χ3n) is 3.98. The summed E-state index contributed by atoms with van der Waals surface area (Å²) < 4.78 is 16.5. The lowest BCUT2D eigenvalue weighted by molar-refractivity contribution is 0.311. The Hall–Kier alpha value is -2.93. The van der Waals surface area contributed by atoms with Crippen molar-refractivity contribution in [3.63, 3.8) is 0 Å². The summed E-state index contributed by atoms with van der Waals surface area (Å²) >= 11 is 0. The number of benzene rings is 2. The van der Waals surface area contributed by atoms with Crippen molar-refractivity contribution in [1.82, 2.24) is 0 Å². The molecule has 0 saturated heterocycles. The zero-order valence-corrected chi connectivity index (χ0v) is 13.8. The molecule has 0 radical (unpaired) electrons. The topological polar surface area (TPSA) is 51.5 Å². The predicted octanol–water partition coefficient (Wildman–Crippen LogP) is 3.98. The lowest BCUT2D eigenvalue weighted by Gasteiger charge is -2.13. The zero-order chi connectivity index (χ0) is 16.9. The molecule has 24 heavy (non-hydrogen) atoms. The van der Waals surface area contributed by atoms with E-state index in [2.05, 4.69) is 12.1 Å². The standard InChI is InChI=1S/C20H19NO3/c1-3-23-20-13-15(5-7-19(20)22-2)17(8-10-21)14-4-6-18-16(12-14)9-11-24-18/h4-8,12-13H,3,9,11H2,1-2H3. The van der Waals surface area contributed by atoms with Gasteiger partial charge in [-0.25, -0.2) is 0 Å². The number of nitriles is 1. The van der Waals surface area contributed by atoms with Crippen molar-refractivity contribution in [3.8, 4) is 23.3 Å². The number of nitrogens with zero attached hydrogens (tertiary/aromatic N) is 1. The first-order valence-electron chi connectivity index (χ1n) is 7.94. The third kappa shape index (κ3) is 3.07. The second kappa shape index (κ2) is 7.10. The van der Waals surface area contributed by atoms with E-state index in [9.17, 15) is 5.26 Å². The van der Waals surface area contributed by atoms with Gasteiger partial charge in [0.15, 0.2) is 11.5 Å². The number of fused-ring (bicyclic) bond motifs is 1. The Labute approximate surface area is 141 Å². The van der Waals surface area contributed by atoms with Crippen LogP contribution in [0.5, 0.6) is 17.2 Å². The molecule has 0 aromatic heterocycles. The van der Waals surface area contributed by atoms with Crippen molar-refractivity contribution in [2.24, 2.45) is 0 Å². The lowest BCUT2D eigenvalue weighted by atomic mass is 9.95.